The first kappa shape index (κ1) is 19.3. The summed E-state index contributed by atoms with van der Waals surface area (Å²) in [6, 6.07) is 2.12. The Labute approximate surface area is 155 Å². The van der Waals surface area contributed by atoms with Crippen LogP contribution in [0.2, 0.25) is 0 Å². The maximum Gasteiger partial charge on any atom is 0.333 e. The van der Waals surface area contributed by atoms with Gasteiger partial charge in [-0.15, -0.1) is 0 Å². The van der Waals surface area contributed by atoms with Crippen LogP contribution in [-0.2, 0) is 14.5 Å². The molecular formula is C17H29N5O3S. The zero-order chi connectivity index (χ0) is 18.4. The van der Waals surface area contributed by atoms with Gasteiger partial charge in [0.05, 0.1) is 6.61 Å². The van der Waals surface area contributed by atoms with Crippen molar-refractivity contribution in [1.82, 2.24) is 9.97 Å². The van der Waals surface area contributed by atoms with Gasteiger partial charge in [0.15, 0.2) is 0 Å². The molecule has 2 saturated carbocycles. The first-order valence-electron chi connectivity index (χ1n) is 9.48. The highest BCUT2D eigenvalue weighted by Crippen LogP contribution is 2.28. The summed E-state index contributed by atoms with van der Waals surface area (Å²) in [5.74, 6) is 2.37. The highest BCUT2D eigenvalue weighted by Gasteiger charge is 2.26. The van der Waals surface area contributed by atoms with Crippen molar-refractivity contribution in [3.8, 4) is 0 Å². The normalized spacial score (nSPS) is 24.5. The summed E-state index contributed by atoms with van der Waals surface area (Å²) in [5.41, 5.74) is 0. The second-order valence-corrected chi connectivity index (χ2v) is 8.67. The van der Waals surface area contributed by atoms with Crippen molar-refractivity contribution in [3.05, 3.63) is 12.3 Å². The molecule has 2 aliphatic rings. The van der Waals surface area contributed by atoms with Crippen LogP contribution in [0.1, 0.15) is 51.4 Å². The number of hydrogen-bond acceptors (Lipinski definition) is 7. The lowest BCUT2D eigenvalue weighted by Crippen LogP contribution is -2.21. The molecule has 0 amide bonds. The van der Waals surface area contributed by atoms with Gasteiger partial charge < -0.3 is 10.6 Å². The molecule has 146 valence electrons. The molecule has 8 nitrogen and oxygen atoms in total. The lowest BCUT2D eigenvalue weighted by atomic mass is 9.89. The van der Waals surface area contributed by atoms with E-state index in [1.807, 2.05) is 6.07 Å². The monoisotopic (exact) mass is 383 g/mol. The van der Waals surface area contributed by atoms with E-state index >= 15 is 0 Å². The standard InChI is InChI=1S/C17H29N5O3S/c18-26(23,24)25-12-14-6-7-15(10-14)21-16-8-9-19-17(22-16)20-11-13-4-2-1-3-5-13/h8-9,13-15H,1-7,10-12H2,(H2,18,23,24)(H2,19,20,21,22)/t14-,15+/m1/s1. The second kappa shape index (κ2) is 8.96. The fraction of sp³-hybridized carbons (Fsp3) is 0.765. The van der Waals surface area contributed by atoms with Gasteiger partial charge in [-0.25, -0.2) is 10.1 Å². The van der Waals surface area contributed by atoms with Crippen molar-refractivity contribution in [1.29, 1.82) is 0 Å². The summed E-state index contributed by atoms with van der Waals surface area (Å²) in [6.07, 6.45) is 11.0. The van der Waals surface area contributed by atoms with Crippen LogP contribution in [0.15, 0.2) is 12.3 Å². The molecule has 3 rings (SSSR count). The molecule has 1 aromatic rings. The van der Waals surface area contributed by atoms with Crippen LogP contribution in [0.3, 0.4) is 0 Å². The molecule has 0 unspecified atom stereocenters. The van der Waals surface area contributed by atoms with E-state index in [2.05, 4.69) is 20.6 Å². The highest BCUT2D eigenvalue weighted by atomic mass is 32.2. The number of nitrogens with zero attached hydrogens (tertiary/aromatic N) is 2. The van der Waals surface area contributed by atoms with Crippen molar-refractivity contribution in [2.75, 3.05) is 23.8 Å². The van der Waals surface area contributed by atoms with Crippen molar-refractivity contribution >= 4 is 22.1 Å². The van der Waals surface area contributed by atoms with E-state index in [0.29, 0.717) is 5.95 Å². The number of hydrogen-bond donors (Lipinski definition) is 3. The SMILES string of the molecule is NS(=O)(=O)OC[C@@H]1CC[C@H](Nc2ccnc(NCC3CCCCC3)n2)C1. The van der Waals surface area contributed by atoms with E-state index < -0.39 is 10.3 Å². The molecule has 2 aliphatic carbocycles. The van der Waals surface area contributed by atoms with Gasteiger partial charge in [0, 0.05) is 18.8 Å². The number of nitrogens with one attached hydrogen (secondary N) is 2. The molecule has 1 heterocycles. The minimum absolute atomic E-state index is 0.148. The van der Waals surface area contributed by atoms with Crippen LogP contribution in [0.4, 0.5) is 11.8 Å². The summed E-state index contributed by atoms with van der Waals surface area (Å²) in [7, 11) is -3.86. The van der Waals surface area contributed by atoms with Crippen LogP contribution in [0, 0.1) is 11.8 Å². The second-order valence-electron chi connectivity index (χ2n) is 7.45. The molecule has 0 saturated heterocycles. The largest absolute Gasteiger partial charge is 0.367 e. The Morgan fingerprint density at radius 1 is 1.15 bits per heavy atom. The topological polar surface area (TPSA) is 119 Å². The van der Waals surface area contributed by atoms with Gasteiger partial charge in [0.2, 0.25) is 5.95 Å². The molecular weight excluding hydrogens is 354 g/mol. The molecule has 1 aromatic heterocycles. The van der Waals surface area contributed by atoms with Crippen molar-refractivity contribution in [3.63, 3.8) is 0 Å². The minimum Gasteiger partial charge on any atom is -0.367 e. The van der Waals surface area contributed by atoms with Crippen LogP contribution in [0.5, 0.6) is 0 Å². The predicted octanol–water partition coefficient (Wildman–Crippen LogP) is 2.27. The van der Waals surface area contributed by atoms with Gasteiger partial charge in [-0.1, -0.05) is 19.3 Å². The fourth-order valence-electron chi connectivity index (χ4n) is 3.91. The van der Waals surface area contributed by atoms with Crippen LogP contribution >= 0.6 is 0 Å². The highest BCUT2D eigenvalue weighted by molar-refractivity contribution is 7.84. The first-order valence-corrected chi connectivity index (χ1v) is 11.0. The molecule has 0 bridgehead atoms. The van der Waals surface area contributed by atoms with Crippen molar-refractivity contribution in [2.45, 2.75) is 57.4 Å². The summed E-state index contributed by atoms with van der Waals surface area (Å²) in [6.45, 7) is 1.08. The summed E-state index contributed by atoms with van der Waals surface area (Å²) >= 11 is 0. The van der Waals surface area contributed by atoms with Crippen LogP contribution in [-0.4, -0.2) is 37.6 Å². The van der Waals surface area contributed by atoms with E-state index in [0.717, 1.165) is 37.5 Å². The molecule has 26 heavy (non-hydrogen) atoms. The average Bonchev–Trinajstić information content (AvgIpc) is 3.06. The van der Waals surface area contributed by atoms with E-state index in [-0.39, 0.29) is 18.6 Å². The van der Waals surface area contributed by atoms with Gasteiger partial charge in [-0.2, -0.15) is 13.4 Å². The molecule has 4 N–H and O–H groups in total. The first-order chi connectivity index (χ1) is 12.5. The fourth-order valence-corrected chi connectivity index (χ4v) is 4.29. The minimum atomic E-state index is -3.86. The number of nitrogens with two attached hydrogens (primary N) is 1. The smallest absolute Gasteiger partial charge is 0.333 e. The van der Waals surface area contributed by atoms with Gasteiger partial charge in [-0.3, -0.25) is 4.18 Å². The molecule has 0 aliphatic heterocycles. The lowest BCUT2D eigenvalue weighted by molar-refractivity contribution is 0.256. The maximum atomic E-state index is 10.9. The van der Waals surface area contributed by atoms with Crippen LogP contribution in [0.25, 0.3) is 0 Å². The zero-order valence-corrected chi connectivity index (χ0v) is 15.9. The Bertz CT molecular complexity index is 679. The average molecular weight is 384 g/mol. The Kier molecular flexibility index (Phi) is 6.66. The van der Waals surface area contributed by atoms with Gasteiger partial charge in [0.25, 0.3) is 0 Å². The Hall–Kier alpha value is -1.45. The summed E-state index contributed by atoms with van der Waals surface area (Å²) < 4.78 is 26.5. The summed E-state index contributed by atoms with van der Waals surface area (Å²) in [4.78, 5) is 8.86. The molecule has 0 spiro atoms. The third kappa shape index (κ3) is 6.37. The predicted molar refractivity (Wildman–Crippen MR) is 101 cm³/mol. The Morgan fingerprint density at radius 2 is 1.96 bits per heavy atom. The number of rotatable bonds is 8. The number of aromatic nitrogens is 2. The third-order valence-corrected chi connectivity index (χ3v) is 5.76. The number of anilines is 2. The van der Waals surface area contributed by atoms with Crippen molar-refractivity contribution in [2.24, 2.45) is 17.0 Å². The Morgan fingerprint density at radius 3 is 2.73 bits per heavy atom. The third-order valence-electron chi connectivity index (χ3n) is 5.29. The van der Waals surface area contributed by atoms with E-state index in [1.165, 1.54) is 32.1 Å². The molecule has 9 heteroatoms. The molecule has 0 aromatic carbocycles. The van der Waals surface area contributed by atoms with Gasteiger partial charge in [-0.05, 0) is 50.0 Å². The molecule has 2 fully saturated rings. The lowest BCUT2D eigenvalue weighted by Gasteiger charge is -2.21. The quantitative estimate of drug-likeness (QED) is 0.630. The van der Waals surface area contributed by atoms with E-state index in [1.54, 1.807) is 6.20 Å². The molecule has 0 radical (unpaired) electrons. The zero-order valence-electron chi connectivity index (χ0n) is 15.1. The van der Waals surface area contributed by atoms with Crippen LogP contribution < -0.4 is 15.8 Å². The van der Waals surface area contributed by atoms with Gasteiger partial charge in [0.1, 0.15) is 5.82 Å². The maximum absolute atomic E-state index is 10.9. The van der Waals surface area contributed by atoms with E-state index in [9.17, 15) is 8.42 Å². The van der Waals surface area contributed by atoms with Gasteiger partial charge >= 0.3 is 10.3 Å². The van der Waals surface area contributed by atoms with Crippen molar-refractivity contribution < 1.29 is 12.6 Å². The summed E-state index contributed by atoms with van der Waals surface area (Å²) in [5, 5.41) is 11.7. The van der Waals surface area contributed by atoms with E-state index in [4.69, 9.17) is 9.32 Å². The Balaban J connectivity index is 1.45. The molecule has 2 atom stereocenters.